The minimum atomic E-state index is 0.0318. The summed E-state index contributed by atoms with van der Waals surface area (Å²) in [5.41, 5.74) is 1.01. The first kappa shape index (κ1) is 19.1. The predicted molar refractivity (Wildman–Crippen MR) is 113 cm³/mol. The Morgan fingerprint density at radius 3 is 2.27 bits per heavy atom. The first-order valence-corrected chi connectivity index (χ1v) is 10.4. The Morgan fingerprint density at radius 1 is 1.08 bits per heavy atom. The molecule has 0 radical (unpaired) electrons. The molecule has 0 spiro atoms. The number of benzene rings is 2. The van der Waals surface area contributed by atoms with Crippen LogP contribution in [0.15, 0.2) is 68.2 Å². The van der Waals surface area contributed by atoms with E-state index in [1.807, 2.05) is 56.3 Å². The zero-order valence-electron chi connectivity index (χ0n) is 14.6. The fraction of sp³-hybridized carbons (Fsp3) is 0.200. The van der Waals surface area contributed by atoms with Gasteiger partial charge in [-0.25, -0.2) is 0 Å². The van der Waals surface area contributed by atoms with E-state index in [9.17, 15) is 4.79 Å². The van der Waals surface area contributed by atoms with Crippen molar-refractivity contribution < 1.29 is 4.79 Å². The van der Waals surface area contributed by atoms with E-state index in [2.05, 4.69) is 17.1 Å². The van der Waals surface area contributed by atoms with E-state index >= 15 is 0 Å². The highest BCUT2D eigenvalue weighted by atomic mass is 35.5. The van der Waals surface area contributed by atoms with E-state index in [0.717, 1.165) is 30.4 Å². The van der Waals surface area contributed by atoms with Crippen molar-refractivity contribution in [3.63, 3.8) is 0 Å². The normalized spacial score (nSPS) is 17.5. The lowest BCUT2D eigenvalue weighted by Gasteiger charge is -2.11. The first-order chi connectivity index (χ1) is 12.6. The van der Waals surface area contributed by atoms with Crippen molar-refractivity contribution in [1.82, 2.24) is 4.90 Å². The van der Waals surface area contributed by atoms with Gasteiger partial charge < -0.3 is 0 Å². The van der Waals surface area contributed by atoms with E-state index < -0.39 is 0 Å². The second kappa shape index (κ2) is 8.80. The number of hydrogen-bond acceptors (Lipinski definition) is 4. The average molecular weight is 403 g/mol. The number of amides is 1. The Kier molecular flexibility index (Phi) is 6.46. The molecule has 3 rings (SSSR count). The average Bonchev–Trinajstić information content (AvgIpc) is 2.93. The number of halogens is 1. The standard InChI is InChI=1S/C20H19ClN2OS2/c1-3-22-20-23(4-2)19(24)18(26-20)13-14-5-9-16(10-6-14)25-17-11-7-15(21)8-12-17/h5-13H,3-4H2,1-2H3/b18-13-,22-20?. The van der Waals surface area contributed by atoms with Crippen LogP contribution in [0, 0.1) is 0 Å². The molecule has 1 aliphatic rings. The first-order valence-electron chi connectivity index (χ1n) is 8.40. The Morgan fingerprint density at radius 2 is 1.69 bits per heavy atom. The van der Waals surface area contributed by atoms with E-state index in [1.165, 1.54) is 11.8 Å². The number of hydrogen-bond donors (Lipinski definition) is 0. The van der Waals surface area contributed by atoms with Crippen molar-refractivity contribution in [2.24, 2.45) is 4.99 Å². The van der Waals surface area contributed by atoms with Gasteiger partial charge in [0.05, 0.1) is 4.91 Å². The van der Waals surface area contributed by atoms with E-state index in [4.69, 9.17) is 11.6 Å². The van der Waals surface area contributed by atoms with Crippen molar-refractivity contribution in [2.75, 3.05) is 13.1 Å². The van der Waals surface area contributed by atoms with Gasteiger partial charge in [0.25, 0.3) is 5.91 Å². The molecule has 0 bridgehead atoms. The molecule has 26 heavy (non-hydrogen) atoms. The molecule has 0 aromatic heterocycles. The van der Waals surface area contributed by atoms with Gasteiger partial charge in [-0.2, -0.15) is 0 Å². The van der Waals surface area contributed by atoms with Crippen LogP contribution in [-0.2, 0) is 4.79 Å². The summed E-state index contributed by atoms with van der Waals surface area (Å²) in [7, 11) is 0. The maximum atomic E-state index is 12.5. The summed E-state index contributed by atoms with van der Waals surface area (Å²) in [5, 5.41) is 1.53. The van der Waals surface area contributed by atoms with Crippen molar-refractivity contribution in [1.29, 1.82) is 0 Å². The summed E-state index contributed by atoms with van der Waals surface area (Å²) >= 11 is 9.05. The van der Waals surface area contributed by atoms with Gasteiger partial charge in [0.1, 0.15) is 0 Å². The number of thioether (sulfide) groups is 1. The topological polar surface area (TPSA) is 32.7 Å². The molecule has 0 atom stereocenters. The Labute approximate surface area is 167 Å². The van der Waals surface area contributed by atoms with Gasteiger partial charge in [0.15, 0.2) is 5.17 Å². The number of aliphatic imine (C=N–C) groups is 1. The number of amidine groups is 1. The van der Waals surface area contributed by atoms with Crippen LogP contribution in [0.5, 0.6) is 0 Å². The summed E-state index contributed by atoms with van der Waals surface area (Å²) in [6.45, 7) is 5.26. The third kappa shape index (κ3) is 4.53. The fourth-order valence-electron chi connectivity index (χ4n) is 2.46. The van der Waals surface area contributed by atoms with Crippen LogP contribution in [-0.4, -0.2) is 29.1 Å². The van der Waals surface area contributed by atoms with Crippen LogP contribution in [0.1, 0.15) is 19.4 Å². The Bertz CT molecular complexity index is 845. The van der Waals surface area contributed by atoms with Crippen LogP contribution in [0.3, 0.4) is 0 Å². The summed E-state index contributed by atoms with van der Waals surface area (Å²) < 4.78 is 0. The van der Waals surface area contributed by atoms with E-state index in [1.54, 1.807) is 16.7 Å². The zero-order valence-corrected chi connectivity index (χ0v) is 17.0. The SMILES string of the molecule is CCN=C1S/C(=C\c2ccc(Sc3ccc(Cl)cc3)cc2)C(=O)N1CC. The van der Waals surface area contributed by atoms with Gasteiger partial charge in [-0.15, -0.1) is 0 Å². The second-order valence-corrected chi connectivity index (χ2v) is 8.13. The molecule has 1 saturated heterocycles. The van der Waals surface area contributed by atoms with E-state index in [0.29, 0.717) is 13.1 Å². The van der Waals surface area contributed by atoms with Crippen LogP contribution in [0.25, 0.3) is 6.08 Å². The highest BCUT2D eigenvalue weighted by Crippen LogP contribution is 2.33. The number of carbonyl (C=O) groups is 1. The van der Waals surface area contributed by atoms with Crippen LogP contribution in [0.2, 0.25) is 5.02 Å². The van der Waals surface area contributed by atoms with Crippen LogP contribution >= 0.6 is 35.1 Å². The van der Waals surface area contributed by atoms with E-state index in [-0.39, 0.29) is 5.91 Å². The molecule has 0 saturated carbocycles. The van der Waals surface area contributed by atoms with Crippen LogP contribution in [0.4, 0.5) is 0 Å². The largest absolute Gasteiger partial charge is 0.287 e. The molecule has 1 heterocycles. The minimum Gasteiger partial charge on any atom is -0.287 e. The molecule has 1 fully saturated rings. The minimum absolute atomic E-state index is 0.0318. The molecule has 0 aliphatic carbocycles. The Balaban J connectivity index is 1.74. The number of likely N-dealkylation sites (N-methyl/N-ethyl adjacent to an activating group) is 1. The third-order valence-electron chi connectivity index (χ3n) is 3.72. The molecular weight excluding hydrogens is 384 g/mol. The fourth-order valence-corrected chi connectivity index (χ4v) is 4.51. The van der Waals surface area contributed by atoms with Gasteiger partial charge >= 0.3 is 0 Å². The molecule has 1 amide bonds. The summed E-state index contributed by atoms with van der Waals surface area (Å²) in [6.07, 6.45) is 1.94. The maximum Gasteiger partial charge on any atom is 0.266 e. The molecule has 2 aromatic carbocycles. The quantitative estimate of drug-likeness (QED) is 0.592. The number of carbonyl (C=O) groups excluding carboxylic acids is 1. The molecule has 6 heteroatoms. The van der Waals surface area contributed by atoms with Gasteiger partial charge in [-0.05, 0) is 73.6 Å². The maximum absolute atomic E-state index is 12.5. The smallest absolute Gasteiger partial charge is 0.266 e. The number of rotatable bonds is 5. The molecule has 1 aliphatic heterocycles. The van der Waals surface area contributed by atoms with Gasteiger partial charge in [-0.1, -0.05) is 35.5 Å². The Hall–Kier alpha value is -1.69. The van der Waals surface area contributed by atoms with Gasteiger partial charge in [0, 0.05) is 27.9 Å². The summed E-state index contributed by atoms with van der Waals surface area (Å²) in [6, 6.07) is 16.0. The van der Waals surface area contributed by atoms with Crippen LogP contribution < -0.4 is 0 Å². The summed E-state index contributed by atoms with van der Waals surface area (Å²) in [4.78, 5) is 21.6. The summed E-state index contributed by atoms with van der Waals surface area (Å²) in [5.74, 6) is 0.0318. The van der Waals surface area contributed by atoms with Crippen molar-refractivity contribution >= 4 is 52.3 Å². The van der Waals surface area contributed by atoms with Gasteiger partial charge in [-0.3, -0.25) is 14.7 Å². The molecule has 134 valence electrons. The zero-order chi connectivity index (χ0) is 18.5. The molecule has 0 N–H and O–H groups in total. The van der Waals surface area contributed by atoms with Crippen molar-refractivity contribution in [2.45, 2.75) is 23.6 Å². The second-order valence-electron chi connectivity index (χ2n) is 5.54. The van der Waals surface area contributed by atoms with Gasteiger partial charge in [0.2, 0.25) is 0 Å². The molecule has 3 nitrogen and oxygen atoms in total. The molecule has 2 aromatic rings. The molecular formula is C20H19ClN2OS2. The highest BCUT2D eigenvalue weighted by Gasteiger charge is 2.31. The third-order valence-corrected chi connectivity index (χ3v) is 6.04. The molecule has 0 unspecified atom stereocenters. The van der Waals surface area contributed by atoms with Crippen molar-refractivity contribution in [3.8, 4) is 0 Å². The highest BCUT2D eigenvalue weighted by molar-refractivity contribution is 8.18. The number of nitrogens with zero attached hydrogens (tertiary/aromatic N) is 2. The lowest BCUT2D eigenvalue weighted by atomic mass is 10.2. The lowest BCUT2D eigenvalue weighted by molar-refractivity contribution is -0.122. The lowest BCUT2D eigenvalue weighted by Crippen LogP contribution is -2.28. The predicted octanol–water partition coefficient (Wildman–Crippen LogP) is 5.80. The van der Waals surface area contributed by atoms with Crippen molar-refractivity contribution in [3.05, 3.63) is 64.0 Å². The monoisotopic (exact) mass is 402 g/mol.